The van der Waals surface area contributed by atoms with E-state index in [2.05, 4.69) is 9.97 Å². The molecule has 5 nitrogen and oxygen atoms in total. The number of thiophene rings is 1. The predicted molar refractivity (Wildman–Crippen MR) is 82.7 cm³/mol. The van der Waals surface area contributed by atoms with Crippen molar-refractivity contribution in [3.8, 4) is 0 Å². The van der Waals surface area contributed by atoms with Crippen LogP contribution < -0.4 is 11.3 Å². The molecule has 3 N–H and O–H groups in total. The molecule has 1 amide bonds. The van der Waals surface area contributed by atoms with Crippen LogP contribution in [0.4, 0.5) is 0 Å². The van der Waals surface area contributed by atoms with E-state index in [0.29, 0.717) is 32.9 Å². The van der Waals surface area contributed by atoms with Crippen LogP contribution in [0.25, 0.3) is 10.2 Å². The molecule has 0 saturated heterocycles. The predicted octanol–water partition coefficient (Wildman–Crippen LogP) is 1.98. The quantitative estimate of drug-likeness (QED) is 0.775. The molecule has 21 heavy (non-hydrogen) atoms. The molecular formula is C15H13N3O2S. The third kappa shape index (κ3) is 2.45. The molecule has 0 aliphatic rings. The monoisotopic (exact) mass is 299 g/mol. The number of aromatic nitrogens is 2. The fourth-order valence-corrected chi connectivity index (χ4v) is 3.35. The summed E-state index contributed by atoms with van der Waals surface area (Å²) in [5.41, 5.74) is 6.75. The van der Waals surface area contributed by atoms with E-state index in [-0.39, 0.29) is 5.56 Å². The Morgan fingerprint density at radius 1 is 1.33 bits per heavy atom. The van der Waals surface area contributed by atoms with Crippen LogP contribution in [0, 0.1) is 6.92 Å². The fourth-order valence-electron chi connectivity index (χ4n) is 2.30. The third-order valence-electron chi connectivity index (χ3n) is 3.29. The van der Waals surface area contributed by atoms with Gasteiger partial charge < -0.3 is 10.7 Å². The van der Waals surface area contributed by atoms with Crippen molar-refractivity contribution in [3.63, 3.8) is 0 Å². The van der Waals surface area contributed by atoms with Gasteiger partial charge in [0.2, 0.25) is 0 Å². The minimum absolute atomic E-state index is 0.229. The van der Waals surface area contributed by atoms with E-state index in [1.165, 1.54) is 11.3 Å². The molecule has 0 aliphatic carbocycles. The van der Waals surface area contributed by atoms with Crippen LogP contribution in [-0.4, -0.2) is 15.9 Å². The first-order valence-corrected chi connectivity index (χ1v) is 7.24. The van der Waals surface area contributed by atoms with Crippen molar-refractivity contribution in [1.82, 2.24) is 9.97 Å². The lowest BCUT2D eigenvalue weighted by molar-refractivity contribution is 0.100. The molecule has 6 heteroatoms. The highest BCUT2D eigenvalue weighted by Gasteiger charge is 2.17. The molecule has 0 unspecified atom stereocenters. The number of rotatable bonds is 3. The first-order chi connectivity index (χ1) is 10.1. The number of nitrogens with one attached hydrogen (secondary N) is 1. The number of aryl methyl sites for hydroxylation is 1. The Morgan fingerprint density at radius 2 is 2.05 bits per heavy atom. The van der Waals surface area contributed by atoms with Gasteiger partial charge in [-0.3, -0.25) is 9.59 Å². The summed E-state index contributed by atoms with van der Waals surface area (Å²) in [5.74, 6) is 0.0514. The van der Waals surface area contributed by atoms with Gasteiger partial charge in [0, 0.05) is 6.42 Å². The van der Waals surface area contributed by atoms with E-state index >= 15 is 0 Å². The zero-order valence-electron chi connectivity index (χ0n) is 11.3. The zero-order chi connectivity index (χ0) is 15.0. The minimum atomic E-state index is -0.528. The SMILES string of the molecule is Cc1c(C(N)=O)sc2nc(Cc3ccccc3)[nH]c(=O)c12. The number of fused-ring (bicyclic) bond motifs is 1. The number of carbonyl (C=O) groups is 1. The van der Waals surface area contributed by atoms with Gasteiger partial charge in [-0.1, -0.05) is 30.3 Å². The number of H-pyrrole nitrogens is 1. The van der Waals surface area contributed by atoms with Gasteiger partial charge in [-0.15, -0.1) is 11.3 Å². The Hall–Kier alpha value is -2.47. The van der Waals surface area contributed by atoms with E-state index in [1.54, 1.807) is 6.92 Å². The van der Waals surface area contributed by atoms with Crippen LogP contribution in [0.2, 0.25) is 0 Å². The Kier molecular flexibility index (Phi) is 3.31. The highest BCUT2D eigenvalue weighted by atomic mass is 32.1. The summed E-state index contributed by atoms with van der Waals surface area (Å²) in [6.45, 7) is 1.71. The van der Waals surface area contributed by atoms with Crippen LogP contribution in [-0.2, 0) is 6.42 Å². The number of nitrogens with zero attached hydrogens (tertiary/aromatic N) is 1. The van der Waals surface area contributed by atoms with Gasteiger partial charge in [0.15, 0.2) is 0 Å². The summed E-state index contributed by atoms with van der Waals surface area (Å²) in [6, 6.07) is 9.75. The average Bonchev–Trinajstić information content (AvgIpc) is 2.77. The molecule has 0 aliphatic heterocycles. The first-order valence-electron chi connectivity index (χ1n) is 6.42. The van der Waals surface area contributed by atoms with Gasteiger partial charge in [0.1, 0.15) is 10.7 Å². The van der Waals surface area contributed by atoms with Crippen molar-refractivity contribution in [2.24, 2.45) is 5.73 Å². The maximum atomic E-state index is 12.2. The number of hydrogen-bond donors (Lipinski definition) is 2. The molecule has 0 fully saturated rings. The molecule has 2 heterocycles. The normalized spacial score (nSPS) is 10.9. The van der Waals surface area contributed by atoms with Crippen LogP contribution in [0.3, 0.4) is 0 Å². The molecule has 0 saturated carbocycles. The van der Waals surface area contributed by atoms with Crippen LogP contribution in [0.5, 0.6) is 0 Å². The van der Waals surface area contributed by atoms with E-state index in [4.69, 9.17) is 5.73 Å². The minimum Gasteiger partial charge on any atom is -0.365 e. The van der Waals surface area contributed by atoms with Gasteiger partial charge in [-0.25, -0.2) is 4.98 Å². The summed E-state index contributed by atoms with van der Waals surface area (Å²) in [6.07, 6.45) is 0.537. The number of aromatic amines is 1. The third-order valence-corrected chi connectivity index (χ3v) is 4.49. The van der Waals surface area contributed by atoms with Crippen molar-refractivity contribution < 1.29 is 4.79 Å². The van der Waals surface area contributed by atoms with Crippen LogP contribution in [0.15, 0.2) is 35.1 Å². The van der Waals surface area contributed by atoms with Gasteiger partial charge in [-0.05, 0) is 18.1 Å². The smallest absolute Gasteiger partial charge is 0.259 e. The van der Waals surface area contributed by atoms with E-state index in [0.717, 1.165) is 5.56 Å². The molecular weight excluding hydrogens is 286 g/mol. The van der Waals surface area contributed by atoms with Crippen molar-refractivity contribution in [2.75, 3.05) is 0 Å². The summed E-state index contributed by atoms with van der Waals surface area (Å²) >= 11 is 1.17. The molecule has 1 aromatic carbocycles. The standard InChI is InChI=1S/C15H13N3O2S/c1-8-11-14(20)17-10(7-9-5-3-2-4-6-9)18-15(11)21-12(8)13(16)19/h2-6H,7H2,1H3,(H2,16,19)(H,17,18,20). The van der Waals surface area contributed by atoms with Gasteiger partial charge in [0.05, 0.1) is 10.3 Å². The van der Waals surface area contributed by atoms with Gasteiger partial charge in [0.25, 0.3) is 11.5 Å². The second-order valence-corrected chi connectivity index (χ2v) is 5.77. The lowest BCUT2D eigenvalue weighted by atomic mass is 10.1. The van der Waals surface area contributed by atoms with Crippen molar-refractivity contribution >= 4 is 27.5 Å². The van der Waals surface area contributed by atoms with Crippen molar-refractivity contribution in [3.05, 3.63) is 62.5 Å². The molecule has 0 radical (unpaired) electrons. The molecule has 2 aromatic heterocycles. The second-order valence-electron chi connectivity index (χ2n) is 4.78. The number of primary amides is 1. The van der Waals surface area contributed by atoms with Crippen LogP contribution in [0.1, 0.15) is 26.6 Å². The van der Waals surface area contributed by atoms with Gasteiger partial charge >= 0.3 is 0 Å². The summed E-state index contributed by atoms with van der Waals surface area (Å²) in [4.78, 5) is 31.7. The number of carbonyl (C=O) groups excluding carboxylic acids is 1. The summed E-state index contributed by atoms with van der Waals surface area (Å²) in [5, 5.41) is 0.450. The second kappa shape index (κ2) is 5.14. The maximum absolute atomic E-state index is 12.2. The average molecular weight is 299 g/mol. The summed E-state index contributed by atoms with van der Waals surface area (Å²) < 4.78 is 0. The molecule has 0 bridgehead atoms. The molecule has 106 valence electrons. The van der Waals surface area contributed by atoms with Gasteiger partial charge in [-0.2, -0.15) is 0 Å². The Balaban J connectivity index is 2.11. The molecule has 3 rings (SSSR count). The highest BCUT2D eigenvalue weighted by Crippen LogP contribution is 2.26. The van der Waals surface area contributed by atoms with Crippen molar-refractivity contribution in [2.45, 2.75) is 13.3 Å². The zero-order valence-corrected chi connectivity index (χ0v) is 12.2. The van der Waals surface area contributed by atoms with E-state index < -0.39 is 5.91 Å². The number of hydrogen-bond acceptors (Lipinski definition) is 4. The maximum Gasteiger partial charge on any atom is 0.259 e. The van der Waals surface area contributed by atoms with Crippen molar-refractivity contribution in [1.29, 1.82) is 0 Å². The Morgan fingerprint density at radius 3 is 2.71 bits per heavy atom. The Bertz CT molecular complexity index is 881. The van der Waals surface area contributed by atoms with Crippen LogP contribution >= 0.6 is 11.3 Å². The lowest BCUT2D eigenvalue weighted by Gasteiger charge is -2.01. The molecule has 3 aromatic rings. The van der Waals surface area contributed by atoms with E-state index in [1.807, 2.05) is 30.3 Å². The molecule has 0 atom stereocenters. The largest absolute Gasteiger partial charge is 0.365 e. The van der Waals surface area contributed by atoms with E-state index in [9.17, 15) is 9.59 Å². The highest BCUT2D eigenvalue weighted by molar-refractivity contribution is 7.20. The fraction of sp³-hybridized carbons (Fsp3) is 0.133. The number of nitrogens with two attached hydrogens (primary N) is 1. The Labute approximate surface area is 124 Å². The lowest BCUT2D eigenvalue weighted by Crippen LogP contribution is -2.13. The number of benzene rings is 1. The topological polar surface area (TPSA) is 88.8 Å². The first kappa shape index (κ1) is 13.5. The molecule has 0 spiro atoms. The summed E-state index contributed by atoms with van der Waals surface area (Å²) in [7, 11) is 0. The number of amides is 1.